The van der Waals surface area contributed by atoms with Crippen molar-refractivity contribution in [2.24, 2.45) is 0 Å². The van der Waals surface area contributed by atoms with Crippen molar-refractivity contribution in [1.29, 1.82) is 0 Å². The normalized spacial score (nSPS) is 11.2. The van der Waals surface area contributed by atoms with Crippen molar-refractivity contribution in [2.45, 2.75) is 26.6 Å². The second-order valence-corrected chi connectivity index (χ2v) is 3.99. The first kappa shape index (κ1) is 15.3. The maximum Gasteiger partial charge on any atom is 0.416 e. The van der Waals surface area contributed by atoms with Crippen molar-refractivity contribution in [1.82, 2.24) is 10.2 Å². The van der Waals surface area contributed by atoms with E-state index in [9.17, 15) is 18.0 Å². The van der Waals surface area contributed by atoms with Crippen LogP contribution in [0.25, 0.3) is 0 Å². The van der Waals surface area contributed by atoms with E-state index in [-0.39, 0.29) is 18.1 Å². The molecule has 0 aliphatic rings. The van der Waals surface area contributed by atoms with E-state index in [4.69, 9.17) is 0 Å². The molecule has 0 heterocycles. The number of rotatable bonds is 4. The average molecular weight is 274 g/mol. The summed E-state index contributed by atoms with van der Waals surface area (Å²) in [6.45, 7) is 4.52. The molecular formula is C13H17F3N2O. The molecule has 0 fully saturated rings. The second kappa shape index (κ2) is 6.45. The number of nitrogens with zero attached hydrogens (tertiary/aromatic N) is 1. The third kappa shape index (κ3) is 4.15. The molecule has 0 aliphatic carbocycles. The maximum atomic E-state index is 12.7. The summed E-state index contributed by atoms with van der Waals surface area (Å²) in [7, 11) is 0. The molecule has 0 aromatic heterocycles. The summed E-state index contributed by atoms with van der Waals surface area (Å²) in [5.41, 5.74) is -0.648. The van der Waals surface area contributed by atoms with E-state index >= 15 is 0 Å². The molecule has 0 spiro atoms. The summed E-state index contributed by atoms with van der Waals surface area (Å²) in [6.07, 6.45) is -4.41. The van der Waals surface area contributed by atoms with Crippen molar-refractivity contribution in [2.75, 3.05) is 13.1 Å². The summed E-state index contributed by atoms with van der Waals surface area (Å²) in [4.78, 5) is 13.2. The van der Waals surface area contributed by atoms with Crippen LogP contribution in [0.2, 0.25) is 0 Å². The van der Waals surface area contributed by atoms with Crippen molar-refractivity contribution in [3.63, 3.8) is 0 Å². The highest BCUT2D eigenvalue weighted by Gasteiger charge is 2.32. The fourth-order valence-electron chi connectivity index (χ4n) is 1.74. The number of urea groups is 1. The van der Waals surface area contributed by atoms with Gasteiger partial charge in [0.25, 0.3) is 0 Å². The molecule has 106 valence electrons. The predicted molar refractivity (Wildman–Crippen MR) is 66.6 cm³/mol. The summed E-state index contributed by atoms with van der Waals surface area (Å²) in [5.74, 6) is 0. The molecule has 2 amide bonds. The van der Waals surface area contributed by atoms with E-state index in [1.165, 1.54) is 23.1 Å². The molecule has 0 unspecified atom stereocenters. The van der Waals surface area contributed by atoms with Crippen LogP contribution in [-0.2, 0) is 12.7 Å². The Balaban J connectivity index is 2.76. The Morgan fingerprint density at radius 2 is 1.79 bits per heavy atom. The lowest BCUT2D eigenvalue weighted by atomic mass is 10.1. The van der Waals surface area contributed by atoms with E-state index in [0.29, 0.717) is 13.1 Å². The summed E-state index contributed by atoms with van der Waals surface area (Å²) in [6, 6.07) is 4.87. The van der Waals surface area contributed by atoms with Gasteiger partial charge in [-0.1, -0.05) is 18.2 Å². The van der Waals surface area contributed by atoms with Gasteiger partial charge in [-0.25, -0.2) is 4.79 Å². The number of hydrogen-bond acceptors (Lipinski definition) is 1. The van der Waals surface area contributed by atoms with Gasteiger partial charge in [0.1, 0.15) is 0 Å². The SMILES string of the molecule is CCN(CC)C(=O)NCc1ccccc1C(F)(F)F. The molecule has 6 heteroatoms. The Hall–Kier alpha value is -1.72. The zero-order valence-corrected chi connectivity index (χ0v) is 10.9. The van der Waals surface area contributed by atoms with Crippen molar-refractivity contribution >= 4 is 6.03 Å². The molecule has 0 aliphatic heterocycles. The number of carbonyl (C=O) groups excluding carboxylic acids is 1. The zero-order valence-electron chi connectivity index (χ0n) is 10.9. The van der Waals surface area contributed by atoms with Crippen LogP contribution >= 0.6 is 0 Å². The number of carbonyl (C=O) groups is 1. The van der Waals surface area contributed by atoms with Gasteiger partial charge in [0.05, 0.1) is 5.56 Å². The molecule has 0 saturated heterocycles. The van der Waals surface area contributed by atoms with Crippen LogP contribution < -0.4 is 5.32 Å². The van der Waals surface area contributed by atoms with Crippen LogP contribution in [-0.4, -0.2) is 24.0 Å². The van der Waals surface area contributed by atoms with Crippen molar-refractivity contribution in [3.05, 3.63) is 35.4 Å². The molecule has 1 N–H and O–H groups in total. The van der Waals surface area contributed by atoms with Gasteiger partial charge in [0.15, 0.2) is 0 Å². The van der Waals surface area contributed by atoms with E-state index in [1.807, 2.05) is 13.8 Å². The molecular weight excluding hydrogens is 257 g/mol. The van der Waals surface area contributed by atoms with Crippen LogP contribution in [0.4, 0.5) is 18.0 Å². The Morgan fingerprint density at radius 1 is 1.21 bits per heavy atom. The molecule has 0 saturated carbocycles. The first-order valence-corrected chi connectivity index (χ1v) is 6.08. The van der Waals surface area contributed by atoms with Gasteiger partial charge >= 0.3 is 12.2 Å². The van der Waals surface area contributed by atoms with Crippen LogP contribution in [0.5, 0.6) is 0 Å². The topological polar surface area (TPSA) is 32.3 Å². The van der Waals surface area contributed by atoms with Gasteiger partial charge in [-0.15, -0.1) is 0 Å². The first-order chi connectivity index (χ1) is 8.90. The number of nitrogens with one attached hydrogen (secondary N) is 1. The van der Waals surface area contributed by atoms with E-state index in [1.54, 1.807) is 0 Å². The Morgan fingerprint density at radius 3 is 2.32 bits per heavy atom. The highest BCUT2D eigenvalue weighted by Crippen LogP contribution is 2.31. The van der Waals surface area contributed by atoms with Crippen molar-refractivity contribution < 1.29 is 18.0 Å². The molecule has 19 heavy (non-hydrogen) atoms. The summed E-state index contributed by atoms with van der Waals surface area (Å²) < 4.78 is 38.2. The summed E-state index contributed by atoms with van der Waals surface area (Å²) in [5, 5.41) is 2.50. The minimum atomic E-state index is -4.41. The van der Waals surface area contributed by atoms with E-state index in [2.05, 4.69) is 5.32 Å². The standard InChI is InChI=1S/C13H17F3N2O/c1-3-18(4-2)12(19)17-9-10-7-5-6-8-11(10)13(14,15)16/h5-8H,3-4,9H2,1-2H3,(H,17,19). The Labute approximate surface area is 110 Å². The second-order valence-electron chi connectivity index (χ2n) is 3.99. The smallest absolute Gasteiger partial charge is 0.334 e. The van der Waals surface area contributed by atoms with Gasteiger partial charge < -0.3 is 10.2 Å². The highest BCUT2D eigenvalue weighted by atomic mass is 19.4. The predicted octanol–water partition coefficient (Wildman–Crippen LogP) is 3.26. The number of hydrogen-bond donors (Lipinski definition) is 1. The van der Waals surface area contributed by atoms with E-state index in [0.717, 1.165) is 6.07 Å². The summed E-state index contributed by atoms with van der Waals surface area (Å²) >= 11 is 0. The molecule has 1 rings (SSSR count). The third-order valence-electron chi connectivity index (χ3n) is 2.80. The fraction of sp³-hybridized carbons (Fsp3) is 0.462. The van der Waals surface area contributed by atoms with Crippen molar-refractivity contribution in [3.8, 4) is 0 Å². The number of amides is 2. The lowest BCUT2D eigenvalue weighted by Crippen LogP contribution is -2.39. The minimum Gasteiger partial charge on any atom is -0.334 e. The Bertz CT molecular complexity index is 428. The number of halogens is 3. The average Bonchev–Trinajstić information content (AvgIpc) is 2.37. The molecule has 1 aromatic carbocycles. The molecule has 0 bridgehead atoms. The van der Waals surface area contributed by atoms with Gasteiger partial charge in [0, 0.05) is 19.6 Å². The van der Waals surface area contributed by atoms with Crippen LogP contribution in [0, 0.1) is 0 Å². The third-order valence-corrected chi connectivity index (χ3v) is 2.80. The fourth-order valence-corrected chi connectivity index (χ4v) is 1.74. The number of alkyl halides is 3. The molecule has 0 radical (unpaired) electrons. The van der Waals surface area contributed by atoms with Gasteiger partial charge in [-0.05, 0) is 25.5 Å². The quantitative estimate of drug-likeness (QED) is 0.898. The number of benzene rings is 1. The van der Waals surface area contributed by atoms with E-state index < -0.39 is 11.7 Å². The lowest BCUT2D eigenvalue weighted by Gasteiger charge is -2.20. The van der Waals surface area contributed by atoms with Crippen LogP contribution in [0.15, 0.2) is 24.3 Å². The molecule has 0 atom stereocenters. The lowest BCUT2D eigenvalue weighted by molar-refractivity contribution is -0.138. The van der Waals surface area contributed by atoms with Gasteiger partial charge in [-0.2, -0.15) is 13.2 Å². The molecule has 3 nitrogen and oxygen atoms in total. The van der Waals surface area contributed by atoms with Gasteiger partial charge in [0.2, 0.25) is 0 Å². The first-order valence-electron chi connectivity index (χ1n) is 6.08. The van der Waals surface area contributed by atoms with Crippen LogP contribution in [0.3, 0.4) is 0 Å². The monoisotopic (exact) mass is 274 g/mol. The minimum absolute atomic E-state index is 0.0653. The zero-order chi connectivity index (χ0) is 14.5. The van der Waals surface area contributed by atoms with Gasteiger partial charge in [-0.3, -0.25) is 0 Å². The highest BCUT2D eigenvalue weighted by molar-refractivity contribution is 5.74. The molecule has 1 aromatic rings. The largest absolute Gasteiger partial charge is 0.416 e. The Kier molecular flexibility index (Phi) is 5.20. The maximum absolute atomic E-state index is 12.7. The van der Waals surface area contributed by atoms with Crippen LogP contribution in [0.1, 0.15) is 25.0 Å².